The Hall–Kier alpha value is -2.46. The highest BCUT2D eigenvalue weighted by molar-refractivity contribution is 6.30. The molecule has 0 radical (unpaired) electrons. The van der Waals surface area contributed by atoms with Crippen LogP contribution in [0.2, 0.25) is 5.02 Å². The van der Waals surface area contributed by atoms with Gasteiger partial charge in [-0.05, 0) is 24.3 Å². The summed E-state index contributed by atoms with van der Waals surface area (Å²) in [5.41, 5.74) is 1.01. The molecule has 0 N–H and O–H groups in total. The molecule has 0 saturated heterocycles. The van der Waals surface area contributed by atoms with Gasteiger partial charge < -0.3 is 4.42 Å². The Morgan fingerprint density at radius 1 is 0.850 bits per heavy atom. The molecule has 0 aliphatic carbocycles. The van der Waals surface area contributed by atoms with Crippen LogP contribution in [0.5, 0.6) is 0 Å². The molecule has 0 saturated carbocycles. The number of halogens is 1. The van der Waals surface area contributed by atoms with Crippen molar-refractivity contribution < 1.29 is 4.42 Å². The largest absolute Gasteiger partial charge is 0.400 e. The molecule has 1 aromatic heterocycles. The summed E-state index contributed by atoms with van der Waals surface area (Å²) in [6.45, 7) is 0. The van der Waals surface area contributed by atoms with Gasteiger partial charge in [-0.25, -0.2) is 4.79 Å². The highest BCUT2D eigenvalue weighted by atomic mass is 35.5. The van der Waals surface area contributed by atoms with Crippen LogP contribution in [-0.2, 0) is 0 Å². The molecule has 0 fully saturated rings. The van der Waals surface area contributed by atoms with Crippen molar-refractivity contribution in [3.63, 3.8) is 0 Å². The van der Waals surface area contributed by atoms with E-state index >= 15 is 0 Å². The van der Waals surface area contributed by atoms with Gasteiger partial charge >= 0.3 is 5.63 Å². The molecule has 0 aliphatic rings. The first-order valence-corrected chi connectivity index (χ1v) is 6.31. The standard InChI is InChI=1S/C15H9ClN2O2/c16-12-8-6-11(7-9-12)14-18-17-13(15(19)20-14)10-4-2-1-3-5-10/h1-9H. The Morgan fingerprint density at radius 3 is 2.20 bits per heavy atom. The van der Waals surface area contributed by atoms with E-state index in [1.54, 1.807) is 36.4 Å². The number of hydrogen-bond acceptors (Lipinski definition) is 4. The molecule has 0 amide bonds. The Bertz CT molecular complexity index is 783. The van der Waals surface area contributed by atoms with E-state index in [0.717, 1.165) is 0 Å². The molecule has 20 heavy (non-hydrogen) atoms. The normalized spacial score (nSPS) is 10.4. The van der Waals surface area contributed by atoms with Crippen LogP contribution >= 0.6 is 11.6 Å². The molecule has 0 unspecified atom stereocenters. The zero-order valence-electron chi connectivity index (χ0n) is 10.3. The molecular weight excluding hydrogens is 276 g/mol. The zero-order chi connectivity index (χ0) is 13.9. The lowest BCUT2D eigenvalue weighted by atomic mass is 10.2. The monoisotopic (exact) mass is 284 g/mol. The first-order chi connectivity index (χ1) is 9.74. The summed E-state index contributed by atoms with van der Waals surface area (Å²) >= 11 is 5.81. The SMILES string of the molecule is O=c1oc(-c2ccc(Cl)cc2)nnc1-c1ccccc1. The lowest BCUT2D eigenvalue weighted by Gasteiger charge is -2.01. The van der Waals surface area contributed by atoms with Crippen LogP contribution in [0.1, 0.15) is 0 Å². The van der Waals surface area contributed by atoms with E-state index in [1.165, 1.54) is 0 Å². The van der Waals surface area contributed by atoms with E-state index in [9.17, 15) is 4.79 Å². The summed E-state index contributed by atoms with van der Waals surface area (Å²) in [5, 5.41) is 8.52. The lowest BCUT2D eigenvalue weighted by Crippen LogP contribution is -2.08. The summed E-state index contributed by atoms with van der Waals surface area (Å²) in [6, 6.07) is 15.9. The minimum atomic E-state index is -0.517. The quantitative estimate of drug-likeness (QED) is 0.723. The first kappa shape index (κ1) is 12.6. The summed E-state index contributed by atoms with van der Waals surface area (Å²) in [5.74, 6) is 0.173. The second-order valence-corrected chi connectivity index (χ2v) is 4.55. The van der Waals surface area contributed by atoms with Crippen molar-refractivity contribution in [3.05, 3.63) is 70.0 Å². The fraction of sp³-hybridized carbons (Fsp3) is 0. The third kappa shape index (κ3) is 2.46. The van der Waals surface area contributed by atoms with Crippen LogP contribution in [0.4, 0.5) is 0 Å². The molecule has 2 aromatic carbocycles. The highest BCUT2D eigenvalue weighted by Gasteiger charge is 2.10. The highest BCUT2D eigenvalue weighted by Crippen LogP contribution is 2.19. The van der Waals surface area contributed by atoms with E-state index in [4.69, 9.17) is 16.0 Å². The van der Waals surface area contributed by atoms with Gasteiger partial charge in [0, 0.05) is 16.1 Å². The van der Waals surface area contributed by atoms with E-state index < -0.39 is 5.63 Å². The van der Waals surface area contributed by atoms with Gasteiger partial charge in [0.25, 0.3) is 0 Å². The van der Waals surface area contributed by atoms with Gasteiger partial charge in [-0.15, -0.1) is 10.2 Å². The number of benzene rings is 2. The fourth-order valence-corrected chi connectivity index (χ4v) is 1.90. The number of aromatic nitrogens is 2. The van der Waals surface area contributed by atoms with Crippen molar-refractivity contribution in [3.8, 4) is 22.7 Å². The van der Waals surface area contributed by atoms with Crippen molar-refractivity contribution in [1.29, 1.82) is 0 Å². The zero-order valence-corrected chi connectivity index (χ0v) is 11.0. The van der Waals surface area contributed by atoms with Gasteiger partial charge in [0.15, 0.2) is 5.69 Å². The minimum absolute atomic E-state index is 0.173. The van der Waals surface area contributed by atoms with E-state index in [-0.39, 0.29) is 11.6 Å². The smallest absolute Gasteiger partial charge is 0.366 e. The molecule has 3 rings (SSSR count). The maximum atomic E-state index is 12.0. The second-order valence-electron chi connectivity index (χ2n) is 4.12. The third-order valence-electron chi connectivity index (χ3n) is 2.76. The van der Waals surface area contributed by atoms with E-state index in [0.29, 0.717) is 16.1 Å². The van der Waals surface area contributed by atoms with Crippen LogP contribution < -0.4 is 5.63 Å². The van der Waals surface area contributed by atoms with E-state index in [2.05, 4.69) is 10.2 Å². The first-order valence-electron chi connectivity index (χ1n) is 5.93. The molecule has 1 heterocycles. The van der Waals surface area contributed by atoms with Crippen molar-refractivity contribution in [2.75, 3.05) is 0 Å². The van der Waals surface area contributed by atoms with Crippen LogP contribution in [-0.4, -0.2) is 10.2 Å². The Balaban J connectivity index is 2.04. The summed E-state index contributed by atoms with van der Waals surface area (Å²) < 4.78 is 5.22. The van der Waals surface area contributed by atoms with Crippen molar-refractivity contribution in [2.45, 2.75) is 0 Å². The van der Waals surface area contributed by atoms with Crippen LogP contribution in [0, 0.1) is 0 Å². The van der Waals surface area contributed by atoms with Gasteiger partial charge in [0.1, 0.15) is 0 Å². The Labute approximate surface area is 119 Å². The molecule has 0 atom stereocenters. The minimum Gasteiger partial charge on any atom is -0.400 e. The van der Waals surface area contributed by atoms with Crippen molar-refractivity contribution in [1.82, 2.24) is 10.2 Å². The molecule has 98 valence electrons. The van der Waals surface area contributed by atoms with Gasteiger partial charge in [0.05, 0.1) is 0 Å². The molecule has 4 nitrogen and oxygen atoms in total. The molecule has 0 bridgehead atoms. The summed E-state index contributed by atoms with van der Waals surface area (Å²) in [4.78, 5) is 12.0. The Kier molecular flexibility index (Phi) is 3.31. The van der Waals surface area contributed by atoms with Crippen molar-refractivity contribution >= 4 is 11.6 Å². The second kappa shape index (κ2) is 5.27. The molecule has 3 aromatic rings. The summed E-state index contributed by atoms with van der Waals surface area (Å²) in [6.07, 6.45) is 0. The Morgan fingerprint density at radius 2 is 1.55 bits per heavy atom. The fourth-order valence-electron chi connectivity index (χ4n) is 1.77. The summed E-state index contributed by atoms with van der Waals surface area (Å²) in [7, 11) is 0. The van der Waals surface area contributed by atoms with Gasteiger partial charge in [-0.3, -0.25) is 0 Å². The number of hydrogen-bond donors (Lipinski definition) is 0. The van der Waals surface area contributed by atoms with Gasteiger partial charge in [-0.2, -0.15) is 0 Å². The van der Waals surface area contributed by atoms with Crippen LogP contribution in [0.3, 0.4) is 0 Å². The molecular formula is C15H9ClN2O2. The molecule has 5 heteroatoms. The van der Waals surface area contributed by atoms with Crippen LogP contribution in [0.15, 0.2) is 63.8 Å². The number of rotatable bonds is 2. The molecule has 0 aliphatic heterocycles. The molecule has 0 spiro atoms. The number of nitrogens with zero attached hydrogens (tertiary/aromatic N) is 2. The average molecular weight is 285 g/mol. The topological polar surface area (TPSA) is 56.0 Å². The third-order valence-corrected chi connectivity index (χ3v) is 3.01. The van der Waals surface area contributed by atoms with E-state index in [1.807, 2.05) is 18.2 Å². The maximum absolute atomic E-state index is 12.0. The van der Waals surface area contributed by atoms with Crippen molar-refractivity contribution in [2.24, 2.45) is 0 Å². The van der Waals surface area contributed by atoms with Gasteiger partial charge in [-0.1, -0.05) is 41.9 Å². The predicted octanol–water partition coefficient (Wildman–Crippen LogP) is 3.42. The predicted molar refractivity (Wildman–Crippen MR) is 76.5 cm³/mol. The average Bonchev–Trinajstić information content (AvgIpc) is 2.49. The van der Waals surface area contributed by atoms with Gasteiger partial charge in [0.2, 0.25) is 5.89 Å². The lowest BCUT2D eigenvalue weighted by molar-refractivity contribution is 0.495. The van der Waals surface area contributed by atoms with Crippen LogP contribution in [0.25, 0.3) is 22.7 Å². The maximum Gasteiger partial charge on any atom is 0.366 e.